The highest BCUT2D eigenvalue weighted by atomic mass is 35.6. The lowest BCUT2D eigenvalue weighted by atomic mass is 9.87. The van der Waals surface area contributed by atoms with Crippen LogP contribution in [-0.4, -0.2) is 13.2 Å². The maximum atomic E-state index is 6.40. The van der Waals surface area contributed by atoms with Gasteiger partial charge in [-0.25, -0.2) is 0 Å². The molecule has 0 spiro atoms. The first-order valence-electron chi connectivity index (χ1n) is 6.42. The lowest BCUT2D eigenvalue weighted by Crippen LogP contribution is -2.06. The lowest BCUT2D eigenvalue weighted by Gasteiger charge is -2.19. The molecule has 0 amide bonds. The van der Waals surface area contributed by atoms with Gasteiger partial charge in [-0.15, -0.1) is 0 Å². The Kier molecular flexibility index (Phi) is 6.59. The van der Waals surface area contributed by atoms with Crippen molar-refractivity contribution < 1.29 is 0 Å². The van der Waals surface area contributed by atoms with Gasteiger partial charge in [-0.3, -0.25) is 10.0 Å². The van der Waals surface area contributed by atoms with Crippen LogP contribution in [0, 0.1) is 11.8 Å². The molecule has 0 N–H and O–H groups in total. The summed E-state index contributed by atoms with van der Waals surface area (Å²) in [7, 11) is 6.40. The van der Waals surface area contributed by atoms with Gasteiger partial charge in [-0.05, 0) is 0 Å². The van der Waals surface area contributed by atoms with Crippen LogP contribution in [0.3, 0.4) is 0 Å². The fourth-order valence-corrected chi connectivity index (χ4v) is 6.90. The van der Waals surface area contributed by atoms with Crippen LogP contribution in [0.4, 0.5) is 0 Å². The van der Waals surface area contributed by atoms with Crippen LogP contribution >= 0.6 is 10.0 Å². The van der Waals surface area contributed by atoms with Gasteiger partial charge in [0.05, 0.1) is 0 Å². The molecular formula is C12H24AlCl. The van der Waals surface area contributed by atoms with Gasteiger partial charge in [0.1, 0.15) is 0 Å². The molecule has 0 nitrogen and oxygen atoms in total. The minimum absolute atomic E-state index is 0.778. The third-order valence-electron chi connectivity index (χ3n) is 3.64. The Hall–Kier alpha value is 0.822. The Labute approximate surface area is 98.0 Å². The van der Waals surface area contributed by atoms with Gasteiger partial charge >= 0.3 is 13.2 Å². The van der Waals surface area contributed by atoms with Crippen molar-refractivity contribution in [3.63, 3.8) is 0 Å². The summed E-state index contributed by atoms with van der Waals surface area (Å²) in [6.07, 6.45) is 8.47. The highest BCUT2D eigenvalue weighted by Crippen LogP contribution is 2.40. The fourth-order valence-electron chi connectivity index (χ4n) is 2.78. The Morgan fingerprint density at radius 3 is 1.79 bits per heavy atom. The number of unbranched alkanes of at least 4 members (excludes halogenated alkanes) is 2. The zero-order chi connectivity index (χ0) is 10.4. The summed E-state index contributed by atoms with van der Waals surface area (Å²) < 4.78 is 0. The molecule has 0 aromatic heterocycles. The average Bonchev–Trinajstić information content (AvgIpc) is 2.52. The summed E-state index contributed by atoms with van der Waals surface area (Å²) in [4.78, 5) is 0. The predicted molar refractivity (Wildman–Crippen MR) is 67.3 cm³/mol. The van der Waals surface area contributed by atoms with Gasteiger partial charge < -0.3 is 0 Å². The van der Waals surface area contributed by atoms with Crippen molar-refractivity contribution >= 4 is 23.3 Å². The summed E-state index contributed by atoms with van der Waals surface area (Å²) in [5.74, 6) is 2.02. The Balaban J connectivity index is 2.29. The molecule has 1 heterocycles. The van der Waals surface area contributed by atoms with Crippen molar-refractivity contribution in [3.05, 3.63) is 0 Å². The largest absolute Gasteiger partial charge is 0.400 e. The van der Waals surface area contributed by atoms with E-state index in [2.05, 4.69) is 13.8 Å². The van der Waals surface area contributed by atoms with E-state index < -0.39 is 13.2 Å². The minimum Gasteiger partial charge on any atom is -0.261 e. The van der Waals surface area contributed by atoms with Gasteiger partial charge in [0, 0.05) is 0 Å². The van der Waals surface area contributed by atoms with E-state index in [9.17, 15) is 0 Å². The topological polar surface area (TPSA) is 0 Å². The average molecular weight is 231 g/mol. The third kappa shape index (κ3) is 4.13. The number of hydrogen-bond donors (Lipinski definition) is 0. The molecule has 14 heavy (non-hydrogen) atoms. The number of hydrogen-bond acceptors (Lipinski definition) is 0. The molecule has 1 rings (SSSR count). The molecular weight excluding hydrogens is 207 g/mol. The predicted octanol–water partition coefficient (Wildman–Crippen LogP) is 4.84. The smallest absolute Gasteiger partial charge is 0.261 e. The second kappa shape index (κ2) is 7.15. The maximum absolute atomic E-state index is 6.40. The standard InChI is InChI=1S/C12H24.Al.ClH/c1-5-7-9-11(3)12(4)10-8-6-2;;/h11-12H,3-10H2,1-2H3;;1H/q;+1;/p-1/t11-,12-;;/m0../s1. The summed E-state index contributed by atoms with van der Waals surface area (Å²) >= 11 is -0.778. The Bertz CT molecular complexity index is 133. The summed E-state index contributed by atoms with van der Waals surface area (Å²) in [6, 6.07) is 0. The van der Waals surface area contributed by atoms with E-state index in [1.165, 1.54) is 49.1 Å². The van der Waals surface area contributed by atoms with Crippen LogP contribution in [0.15, 0.2) is 0 Å². The molecule has 0 aromatic carbocycles. The maximum Gasteiger partial charge on any atom is 0.400 e. The van der Waals surface area contributed by atoms with E-state index in [4.69, 9.17) is 10.0 Å². The number of halogens is 1. The summed E-state index contributed by atoms with van der Waals surface area (Å²) in [6.45, 7) is 4.59. The molecule has 2 heteroatoms. The highest BCUT2D eigenvalue weighted by molar-refractivity contribution is 7.07. The molecule has 0 aromatic rings. The molecule has 1 aliphatic rings. The van der Waals surface area contributed by atoms with Crippen LogP contribution in [0.2, 0.25) is 10.6 Å². The zero-order valence-electron chi connectivity index (χ0n) is 9.77. The summed E-state index contributed by atoms with van der Waals surface area (Å²) in [5, 5.41) is 2.85. The molecule has 2 atom stereocenters. The van der Waals surface area contributed by atoms with Crippen molar-refractivity contribution in [2.45, 2.75) is 62.9 Å². The highest BCUT2D eigenvalue weighted by Gasteiger charge is 2.36. The first-order valence-corrected chi connectivity index (χ1v) is 9.79. The lowest BCUT2D eigenvalue weighted by molar-refractivity contribution is 0.348. The molecule has 0 bridgehead atoms. The number of rotatable bonds is 6. The van der Waals surface area contributed by atoms with E-state index in [0.717, 1.165) is 11.8 Å². The van der Waals surface area contributed by atoms with Gasteiger partial charge in [0.15, 0.2) is 0 Å². The van der Waals surface area contributed by atoms with Crippen LogP contribution in [0.5, 0.6) is 0 Å². The van der Waals surface area contributed by atoms with E-state index in [-0.39, 0.29) is 0 Å². The van der Waals surface area contributed by atoms with E-state index in [1.54, 1.807) is 0 Å². The molecule has 1 aliphatic heterocycles. The van der Waals surface area contributed by atoms with Gasteiger partial charge in [-0.2, -0.15) is 0 Å². The Morgan fingerprint density at radius 1 is 1.00 bits per heavy atom. The molecule has 0 saturated carbocycles. The van der Waals surface area contributed by atoms with Crippen LogP contribution in [0.25, 0.3) is 0 Å². The SMILES string of the molecule is CCCC[C@@H]1[CH2][Al]([Cl])[CH2][C@H]1CCCC. The second-order valence-corrected chi connectivity index (χ2v) is 8.86. The Morgan fingerprint density at radius 2 is 1.43 bits per heavy atom. The summed E-state index contributed by atoms with van der Waals surface area (Å²) in [5.41, 5.74) is 0. The van der Waals surface area contributed by atoms with Crippen LogP contribution in [0.1, 0.15) is 52.4 Å². The second-order valence-electron chi connectivity index (χ2n) is 4.87. The fraction of sp³-hybridized carbons (Fsp3) is 1.00. The van der Waals surface area contributed by atoms with Crippen molar-refractivity contribution in [1.29, 1.82) is 0 Å². The quantitative estimate of drug-likeness (QED) is 0.573. The van der Waals surface area contributed by atoms with E-state index in [0.29, 0.717) is 0 Å². The molecule has 0 radical (unpaired) electrons. The third-order valence-corrected chi connectivity index (χ3v) is 6.94. The van der Waals surface area contributed by atoms with E-state index in [1.807, 2.05) is 0 Å². The normalized spacial score (nSPS) is 27.2. The molecule has 0 aliphatic carbocycles. The van der Waals surface area contributed by atoms with Gasteiger partial charge in [0.2, 0.25) is 0 Å². The van der Waals surface area contributed by atoms with Gasteiger partial charge in [0.25, 0.3) is 0 Å². The van der Waals surface area contributed by atoms with Crippen LogP contribution < -0.4 is 0 Å². The molecule has 82 valence electrons. The first kappa shape index (κ1) is 12.9. The van der Waals surface area contributed by atoms with Gasteiger partial charge in [-0.1, -0.05) is 74.8 Å². The van der Waals surface area contributed by atoms with Crippen molar-refractivity contribution in [2.24, 2.45) is 11.8 Å². The van der Waals surface area contributed by atoms with Crippen molar-refractivity contribution in [1.82, 2.24) is 0 Å². The minimum atomic E-state index is -0.778. The van der Waals surface area contributed by atoms with Crippen molar-refractivity contribution in [3.8, 4) is 0 Å². The monoisotopic (exact) mass is 230 g/mol. The first-order chi connectivity index (χ1) is 6.77. The molecule has 0 unspecified atom stereocenters. The zero-order valence-corrected chi connectivity index (χ0v) is 11.7. The van der Waals surface area contributed by atoms with Crippen LogP contribution in [-0.2, 0) is 0 Å². The van der Waals surface area contributed by atoms with E-state index >= 15 is 0 Å². The molecule has 1 saturated heterocycles. The van der Waals surface area contributed by atoms with Crippen molar-refractivity contribution in [2.75, 3.05) is 0 Å². The molecule has 1 fully saturated rings.